The highest BCUT2D eigenvalue weighted by Gasteiger charge is 2.17. The number of pyridine rings is 1. The summed E-state index contributed by atoms with van der Waals surface area (Å²) >= 11 is 0. The molecule has 0 saturated heterocycles. The molecule has 0 aliphatic heterocycles. The van der Waals surface area contributed by atoms with Crippen molar-refractivity contribution in [2.75, 3.05) is 5.73 Å². The van der Waals surface area contributed by atoms with E-state index in [1.54, 1.807) is 47.2 Å². The number of Topliss-reactive ketones (excluding diaryl/α,β-unsaturated/α-hetero) is 1. The highest BCUT2D eigenvalue weighted by molar-refractivity contribution is 6.03. The van der Waals surface area contributed by atoms with Crippen molar-refractivity contribution in [1.29, 1.82) is 0 Å². The van der Waals surface area contributed by atoms with Gasteiger partial charge in [-0.3, -0.25) is 23.6 Å². The zero-order valence-electron chi connectivity index (χ0n) is 24.6. The van der Waals surface area contributed by atoms with Crippen LogP contribution in [0.1, 0.15) is 52.7 Å². The second kappa shape index (κ2) is 13.4. The summed E-state index contributed by atoms with van der Waals surface area (Å²) in [7, 11) is 1.78. The van der Waals surface area contributed by atoms with Crippen LogP contribution in [0.15, 0.2) is 90.2 Å². The number of primary amides is 1. The molecule has 220 valence electrons. The number of fused-ring (bicyclic) bond motifs is 2. The Morgan fingerprint density at radius 2 is 1.74 bits per heavy atom. The molecule has 0 atom stereocenters. The number of nitrogen functional groups attached to an aromatic ring is 1. The van der Waals surface area contributed by atoms with E-state index in [1.165, 1.54) is 4.52 Å². The number of rotatable bonds is 6. The number of anilines is 1. The van der Waals surface area contributed by atoms with Crippen molar-refractivity contribution in [3.63, 3.8) is 0 Å². The number of ketones is 1. The number of para-hydroxylation sites is 1. The zero-order chi connectivity index (χ0) is 31.1. The fourth-order valence-corrected chi connectivity index (χ4v) is 4.74. The Labute approximate surface area is 248 Å². The van der Waals surface area contributed by atoms with E-state index >= 15 is 0 Å². The molecule has 2 aromatic carbocycles. The Morgan fingerprint density at radius 1 is 1.00 bits per heavy atom. The van der Waals surface area contributed by atoms with E-state index in [2.05, 4.69) is 15.2 Å². The van der Waals surface area contributed by atoms with Crippen LogP contribution in [-0.4, -0.2) is 40.6 Å². The van der Waals surface area contributed by atoms with Gasteiger partial charge in [-0.15, -0.1) is 5.10 Å². The van der Waals surface area contributed by atoms with E-state index in [9.17, 15) is 14.4 Å². The Morgan fingerprint density at radius 3 is 2.40 bits per heavy atom. The average molecular weight is 579 g/mol. The van der Waals surface area contributed by atoms with Crippen molar-refractivity contribution >= 4 is 33.9 Å². The van der Waals surface area contributed by atoms with Gasteiger partial charge in [0.25, 0.3) is 11.5 Å². The Hall–Kier alpha value is -5.58. The van der Waals surface area contributed by atoms with Gasteiger partial charge >= 0.3 is 0 Å². The van der Waals surface area contributed by atoms with E-state index in [1.807, 2.05) is 75.4 Å². The number of hydrogen-bond donors (Lipinski definition) is 2. The molecule has 11 nitrogen and oxygen atoms in total. The molecule has 43 heavy (non-hydrogen) atoms. The van der Waals surface area contributed by atoms with Crippen LogP contribution in [0, 0.1) is 0 Å². The summed E-state index contributed by atoms with van der Waals surface area (Å²) in [5.74, 6) is -0.566. The minimum atomic E-state index is -0.619. The Bertz CT molecular complexity index is 1950. The van der Waals surface area contributed by atoms with Gasteiger partial charge in [0, 0.05) is 43.4 Å². The minimum absolute atomic E-state index is 0.0502. The molecule has 6 rings (SSSR count). The van der Waals surface area contributed by atoms with E-state index in [-0.39, 0.29) is 29.1 Å². The number of nitrogens with zero attached hydrogens (tertiary/aromatic N) is 6. The van der Waals surface area contributed by atoms with Gasteiger partial charge in [0.15, 0.2) is 17.2 Å². The summed E-state index contributed by atoms with van der Waals surface area (Å²) in [5, 5.41) is 9.40. The molecule has 4 aromatic heterocycles. The van der Waals surface area contributed by atoms with Gasteiger partial charge in [-0.2, -0.15) is 5.10 Å². The predicted molar refractivity (Wildman–Crippen MR) is 167 cm³/mol. The summed E-state index contributed by atoms with van der Waals surface area (Å²) in [4.78, 5) is 41.1. The molecule has 4 heterocycles. The monoisotopic (exact) mass is 578 g/mol. The molecule has 0 fully saturated rings. The van der Waals surface area contributed by atoms with Crippen molar-refractivity contribution in [3.05, 3.63) is 118 Å². The fraction of sp³-hybridized carbons (Fsp3) is 0.188. The second-order valence-electron chi connectivity index (χ2n) is 9.36. The fourth-order valence-electron chi connectivity index (χ4n) is 4.74. The summed E-state index contributed by atoms with van der Waals surface area (Å²) < 4.78 is 4.77. The first-order chi connectivity index (χ1) is 20.8. The molecule has 0 bridgehead atoms. The number of nitrogens with two attached hydrogens (primary N) is 2. The lowest BCUT2D eigenvalue weighted by Gasteiger charge is -2.15. The smallest absolute Gasteiger partial charge is 0.263 e. The Kier molecular flexibility index (Phi) is 9.46. The molecule has 0 saturated carbocycles. The van der Waals surface area contributed by atoms with Crippen LogP contribution >= 0.6 is 0 Å². The first-order valence-electron chi connectivity index (χ1n) is 13.9. The average Bonchev–Trinajstić information content (AvgIpc) is 3.61. The topological polar surface area (TPSA) is 156 Å². The van der Waals surface area contributed by atoms with E-state index < -0.39 is 5.91 Å². The number of carbonyl (C=O) groups excluding carboxylic acids is 2. The van der Waals surface area contributed by atoms with Crippen molar-refractivity contribution in [3.8, 4) is 5.69 Å². The first kappa shape index (κ1) is 30.4. The van der Waals surface area contributed by atoms with Crippen molar-refractivity contribution < 1.29 is 9.59 Å². The maximum atomic E-state index is 13.5. The van der Waals surface area contributed by atoms with Gasteiger partial charge < -0.3 is 11.5 Å². The SMILES string of the molecule is CC.CCc1cc2cccc(CC(=O)c3cnn(C)c3)c2c(=O)n1-c1ccccc1.NC(=O)c1c(N)nn2cccnc12. The van der Waals surface area contributed by atoms with Crippen molar-refractivity contribution in [2.45, 2.75) is 33.6 Å². The van der Waals surface area contributed by atoms with Gasteiger partial charge in [-0.05, 0) is 41.6 Å². The molecule has 0 radical (unpaired) electrons. The van der Waals surface area contributed by atoms with E-state index in [4.69, 9.17) is 11.5 Å². The highest BCUT2D eigenvalue weighted by atomic mass is 16.1. The minimum Gasteiger partial charge on any atom is -0.381 e. The van der Waals surface area contributed by atoms with Crippen LogP contribution in [0.3, 0.4) is 0 Å². The van der Waals surface area contributed by atoms with Crippen molar-refractivity contribution in [2.24, 2.45) is 12.8 Å². The molecule has 1 amide bonds. The number of benzene rings is 2. The van der Waals surface area contributed by atoms with Gasteiger partial charge in [0.1, 0.15) is 5.56 Å². The van der Waals surface area contributed by atoms with Crippen molar-refractivity contribution in [1.82, 2.24) is 28.9 Å². The largest absolute Gasteiger partial charge is 0.381 e. The van der Waals surface area contributed by atoms with Crippen LogP contribution in [-0.2, 0) is 19.9 Å². The van der Waals surface area contributed by atoms with Gasteiger partial charge in [0.2, 0.25) is 0 Å². The lowest BCUT2D eigenvalue weighted by molar-refractivity contribution is 0.0988. The summed E-state index contributed by atoms with van der Waals surface area (Å²) in [6.07, 6.45) is 7.35. The number of amides is 1. The van der Waals surface area contributed by atoms with E-state index in [0.29, 0.717) is 16.6 Å². The number of aromatic nitrogens is 6. The molecule has 0 unspecified atom stereocenters. The summed E-state index contributed by atoms with van der Waals surface area (Å²) in [6.45, 7) is 6.04. The van der Waals surface area contributed by atoms with Crippen LogP contribution < -0.4 is 17.0 Å². The molecular formula is C32H34N8O3. The van der Waals surface area contributed by atoms with Crippen LogP contribution in [0.4, 0.5) is 5.82 Å². The number of hydrogen-bond acceptors (Lipinski definition) is 7. The molecule has 4 N–H and O–H groups in total. The molecule has 6 aromatic rings. The summed E-state index contributed by atoms with van der Waals surface area (Å²) in [5.41, 5.74) is 14.1. The number of carbonyl (C=O) groups is 2. The second-order valence-corrected chi connectivity index (χ2v) is 9.36. The molecule has 0 aliphatic carbocycles. The maximum Gasteiger partial charge on any atom is 0.263 e. The predicted octanol–water partition coefficient (Wildman–Crippen LogP) is 4.15. The highest BCUT2D eigenvalue weighted by Crippen LogP contribution is 2.21. The van der Waals surface area contributed by atoms with Gasteiger partial charge in [0.05, 0.1) is 17.1 Å². The van der Waals surface area contributed by atoms with Gasteiger partial charge in [-0.25, -0.2) is 9.50 Å². The summed E-state index contributed by atoms with van der Waals surface area (Å²) in [6, 6.07) is 19.0. The lowest BCUT2D eigenvalue weighted by Crippen LogP contribution is -2.23. The Balaban J connectivity index is 0.000000235. The third-order valence-electron chi connectivity index (χ3n) is 6.63. The molecule has 0 spiro atoms. The lowest BCUT2D eigenvalue weighted by atomic mass is 9.99. The maximum absolute atomic E-state index is 13.5. The first-order valence-corrected chi connectivity index (χ1v) is 13.9. The third kappa shape index (κ3) is 6.35. The molecule has 0 aliphatic rings. The standard InChI is InChI=1S/C23H21N3O2.C7H7N5O.C2H6/c1-3-19-12-16-8-7-9-17(13-21(27)18-14-24-25(2)15-18)22(16)23(28)26(19)20-10-5-4-6-11-20;8-5-4(6(9)13)7-10-2-1-3-12(7)11-5;1-2/h4-12,14-15H,3,13H2,1-2H3;1-3H,(H2,8,11)(H2,9,13);1-2H3. The van der Waals surface area contributed by atoms with Gasteiger partial charge in [-0.1, -0.05) is 57.2 Å². The van der Waals surface area contributed by atoms with E-state index in [0.717, 1.165) is 28.8 Å². The van der Waals surface area contributed by atoms with Crippen LogP contribution in [0.2, 0.25) is 0 Å². The normalized spacial score (nSPS) is 10.5. The molecular weight excluding hydrogens is 544 g/mol. The quantitative estimate of drug-likeness (QED) is 0.281. The number of aryl methyl sites for hydroxylation is 2. The third-order valence-corrected chi connectivity index (χ3v) is 6.63. The van der Waals surface area contributed by atoms with Crippen LogP contribution in [0.25, 0.3) is 22.1 Å². The molecule has 11 heteroatoms. The zero-order valence-corrected chi connectivity index (χ0v) is 24.6. The van der Waals surface area contributed by atoms with Crippen LogP contribution in [0.5, 0.6) is 0 Å².